The number of nitrogens with zero attached hydrogens (tertiary/aromatic N) is 3. The Morgan fingerprint density at radius 1 is 1.19 bits per heavy atom. The number of carbonyl (C=O) groups excluding carboxylic acids is 1. The Morgan fingerprint density at radius 2 is 1.93 bits per heavy atom. The zero-order chi connectivity index (χ0) is 19.1. The molecular formula is C21H28N4O2. The molecule has 144 valence electrons. The van der Waals surface area contributed by atoms with Crippen molar-refractivity contribution < 1.29 is 9.53 Å². The number of carbonyl (C=O) groups is 1. The number of amides is 2. The maximum Gasteiger partial charge on any atom is 0.321 e. The number of hydrogen-bond donors (Lipinski definition) is 1. The van der Waals surface area contributed by atoms with Crippen LogP contribution in [0.2, 0.25) is 0 Å². The van der Waals surface area contributed by atoms with Crippen molar-refractivity contribution in [2.75, 3.05) is 31.5 Å². The van der Waals surface area contributed by atoms with Crippen LogP contribution in [0, 0.1) is 0 Å². The summed E-state index contributed by atoms with van der Waals surface area (Å²) < 4.78 is 5.83. The molecule has 1 N–H and O–H groups in total. The van der Waals surface area contributed by atoms with Crippen molar-refractivity contribution in [3.8, 4) is 5.75 Å². The zero-order valence-corrected chi connectivity index (χ0v) is 16.1. The van der Waals surface area contributed by atoms with Crippen LogP contribution in [0.4, 0.5) is 10.5 Å². The number of pyridine rings is 1. The van der Waals surface area contributed by atoms with Crippen molar-refractivity contribution in [1.29, 1.82) is 0 Å². The van der Waals surface area contributed by atoms with E-state index in [0.29, 0.717) is 0 Å². The van der Waals surface area contributed by atoms with Crippen molar-refractivity contribution in [1.82, 2.24) is 14.8 Å². The van der Waals surface area contributed by atoms with Crippen molar-refractivity contribution in [3.63, 3.8) is 0 Å². The van der Waals surface area contributed by atoms with Crippen LogP contribution in [-0.4, -0.2) is 53.1 Å². The second kappa shape index (κ2) is 9.37. The molecule has 1 aliphatic heterocycles. The summed E-state index contributed by atoms with van der Waals surface area (Å²) >= 11 is 0. The average molecular weight is 368 g/mol. The summed E-state index contributed by atoms with van der Waals surface area (Å²) in [7, 11) is 0. The standard InChI is InChI=1S/C21H28N4O2/c1-3-17(2)27-20-6-4-5-19(15-20)23-21(26)25-13-11-24(12-14-25)16-18-7-9-22-10-8-18/h4-10,15,17H,3,11-14,16H2,1-2H3,(H,23,26). The van der Waals surface area contributed by atoms with Crippen molar-refractivity contribution >= 4 is 11.7 Å². The van der Waals surface area contributed by atoms with Crippen LogP contribution in [0.15, 0.2) is 48.8 Å². The van der Waals surface area contributed by atoms with Gasteiger partial charge in [0.25, 0.3) is 0 Å². The molecule has 27 heavy (non-hydrogen) atoms. The van der Waals surface area contributed by atoms with Gasteiger partial charge in [-0.2, -0.15) is 0 Å². The van der Waals surface area contributed by atoms with Crippen LogP contribution in [0.3, 0.4) is 0 Å². The van der Waals surface area contributed by atoms with E-state index in [1.165, 1.54) is 5.56 Å². The Balaban J connectivity index is 1.49. The third-order valence-corrected chi connectivity index (χ3v) is 4.81. The first-order valence-corrected chi connectivity index (χ1v) is 9.58. The van der Waals surface area contributed by atoms with Gasteiger partial charge in [0.2, 0.25) is 0 Å². The zero-order valence-electron chi connectivity index (χ0n) is 16.1. The maximum atomic E-state index is 12.6. The van der Waals surface area contributed by atoms with Gasteiger partial charge in [0.15, 0.2) is 0 Å². The fraction of sp³-hybridized carbons (Fsp3) is 0.429. The summed E-state index contributed by atoms with van der Waals surface area (Å²) in [6, 6.07) is 11.6. The Bertz CT molecular complexity index is 730. The van der Waals surface area contributed by atoms with E-state index in [9.17, 15) is 4.79 Å². The fourth-order valence-electron chi connectivity index (χ4n) is 3.02. The lowest BCUT2D eigenvalue weighted by molar-refractivity contribution is 0.143. The number of benzene rings is 1. The van der Waals surface area contributed by atoms with E-state index in [0.717, 1.165) is 50.6 Å². The molecular weight excluding hydrogens is 340 g/mol. The van der Waals surface area contributed by atoms with E-state index in [2.05, 4.69) is 22.1 Å². The van der Waals surface area contributed by atoms with E-state index in [-0.39, 0.29) is 12.1 Å². The molecule has 1 aromatic carbocycles. The molecule has 2 amide bonds. The molecule has 1 unspecified atom stereocenters. The first-order chi connectivity index (χ1) is 13.1. The molecule has 1 aliphatic rings. The summed E-state index contributed by atoms with van der Waals surface area (Å²) in [5, 5.41) is 2.99. The van der Waals surface area contributed by atoms with E-state index in [1.54, 1.807) is 0 Å². The minimum absolute atomic E-state index is 0.0562. The minimum Gasteiger partial charge on any atom is -0.491 e. The molecule has 0 aliphatic carbocycles. The Kier molecular flexibility index (Phi) is 6.65. The van der Waals surface area contributed by atoms with Gasteiger partial charge in [-0.1, -0.05) is 13.0 Å². The summed E-state index contributed by atoms with van der Waals surface area (Å²) in [5.41, 5.74) is 2.01. The first kappa shape index (κ1) is 19.2. The predicted octanol–water partition coefficient (Wildman–Crippen LogP) is 3.61. The van der Waals surface area contributed by atoms with Crippen molar-refractivity contribution in [2.45, 2.75) is 32.9 Å². The summed E-state index contributed by atoms with van der Waals surface area (Å²) in [5.74, 6) is 0.782. The monoisotopic (exact) mass is 368 g/mol. The van der Waals surface area contributed by atoms with Gasteiger partial charge in [0.05, 0.1) is 6.10 Å². The topological polar surface area (TPSA) is 57.7 Å². The van der Waals surface area contributed by atoms with E-state index in [4.69, 9.17) is 4.74 Å². The van der Waals surface area contributed by atoms with E-state index < -0.39 is 0 Å². The van der Waals surface area contributed by atoms with Gasteiger partial charge < -0.3 is 15.0 Å². The Hall–Kier alpha value is -2.60. The number of nitrogens with one attached hydrogen (secondary N) is 1. The summed E-state index contributed by atoms with van der Waals surface area (Å²) in [6.07, 6.45) is 4.74. The lowest BCUT2D eigenvalue weighted by Gasteiger charge is -2.34. The first-order valence-electron chi connectivity index (χ1n) is 9.58. The average Bonchev–Trinajstić information content (AvgIpc) is 2.69. The second-order valence-corrected chi connectivity index (χ2v) is 6.91. The van der Waals surface area contributed by atoms with Crippen LogP contribution in [0.1, 0.15) is 25.8 Å². The summed E-state index contributed by atoms with van der Waals surface area (Å²) in [4.78, 5) is 20.8. The number of hydrogen-bond acceptors (Lipinski definition) is 4. The molecule has 0 radical (unpaired) electrons. The van der Waals surface area contributed by atoms with Gasteiger partial charge in [0, 0.05) is 56.9 Å². The molecule has 3 rings (SSSR count). The molecule has 1 saturated heterocycles. The molecule has 2 aromatic rings. The van der Waals surface area contributed by atoms with E-state index in [1.807, 2.05) is 60.6 Å². The predicted molar refractivity (Wildman–Crippen MR) is 107 cm³/mol. The second-order valence-electron chi connectivity index (χ2n) is 6.91. The quantitative estimate of drug-likeness (QED) is 0.846. The minimum atomic E-state index is -0.0562. The number of ether oxygens (including phenoxy) is 1. The highest BCUT2D eigenvalue weighted by Gasteiger charge is 2.21. The molecule has 2 heterocycles. The molecule has 0 saturated carbocycles. The third-order valence-electron chi connectivity index (χ3n) is 4.81. The Morgan fingerprint density at radius 3 is 2.63 bits per heavy atom. The molecule has 1 atom stereocenters. The molecule has 0 spiro atoms. The lowest BCUT2D eigenvalue weighted by Crippen LogP contribution is -2.49. The highest BCUT2D eigenvalue weighted by Crippen LogP contribution is 2.20. The van der Waals surface area contributed by atoms with Gasteiger partial charge in [0.1, 0.15) is 5.75 Å². The van der Waals surface area contributed by atoms with Crippen LogP contribution in [0.25, 0.3) is 0 Å². The number of urea groups is 1. The van der Waals surface area contributed by atoms with Crippen LogP contribution in [-0.2, 0) is 6.54 Å². The highest BCUT2D eigenvalue weighted by atomic mass is 16.5. The number of piperazine rings is 1. The smallest absolute Gasteiger partial charge is 0.321 e. The molecule has 6 heteroatoms. The number of rotatable bonds is 6. The largest absolute Gasteiger partial charge is 0.491 e. The van der Waals surface area contributed by atoms with Crippen LogP contribution >= 0.6 is 0 Å². The number of aromatic nitrogens is 1. The highest BCUT2D eigenvalue weighted by molar-refractivity contribution is 5.89. The maximum absolute atomic E-state index is 12.6. The van der Waals surface area contributed by atoms with Gasteiger partial charge in [-0.15, -0.1) is 0 Å². The molecule has 1 aromatic heterocycles. The fourth-order valence-corrected chi connectivity index (χ4v) is 3.02. The van der Waals surface area contributed by atoms with Crippen LogP contribution < -0.4 is 10.1 Å². The van der Waals surface area contributed by atoms with Gasteiger partial charge in [-0.3, -0.25) is 9.88 Å². The lowest BCUT2D eigenvalue weighted by atomic mass is 10.2. The summed E-state index contributed by atoms with van der Waals surface area (Å²) in [6.45, 7) is 8.20. The van der Waals surface area contributed by atoms with Gasteiger partial charge >= 0.3 is 6.03 Å². The molecule has 0 bridgehead atoms. The number of anilines is 1. The van der Waals surface area contributed by atoms with Gasteiger partial charge in [-0.05, 0) is 43.2 Å². The third kappa shape index (κ3) is 5.69. The van der Waals surface area contributed by atoms with Crippen molar-refractivity contribution in [2.24, 2.45) is 0 Å². The molecule has 6 nitrogen and oxygen atoms in total. The van der Waals surface area contributed by atoms with Crippen molar-refractivity contribution in [3.05, 3.63) is 54.4 Å². The SMILES string of the molecule is CCC(C)Oc1cccc(NC(=O)N2CCN(Cc3ccncc3)CC2)c1. The van der Waals surface area contributed by atoms with E-state index >= 15 is 0 Å². The van der Waals surface area contributed by atoms with Crippen LogP contribution in [0.5, 0.6) is 5.75 Å². The Labute approximate surface area is 161 Å². The molecule has 1 fully saturated rings. The normalized spacial score (nSPS) is 16.0. The van der Waals surface area contributed by atoms with Gasteiger partial charge in [-0.25, -0.2) is 4.79 Å².